The lowest BCUT2D eigenvalue weighted by atomic mass is 10.1. The number of hydrogen-bond donors (Lipinski definition) is 1. The quantitative estimate of drug-likeness (QED) is 0.859. The minimum atomic E-state index is 0.567. The SMILES string of the molecule is COc1ccc(C)cc1-c1nc(CCCl)[nH]c1C. The predicted molar refractivity (Wildman–Crippen MR) is 74.5 cm³/mol. The van der Waals surface area contributed by atoms with Crippen LogP contribution in [-0.4, -0.2) is 23.0 Å². The second-order valence-corrected chi connectivity index (χ2v) is 4.68. The van der Waals surface area contributed by atoms with E-state index in [1.165, 1.54) is 5.56 Å². The summed E-state index contributed by atoms with van der Waals surface area (Å²) in [6.07, 6.45) is 0.747. The number of nitrogens with zero attached hydrogens (tertiary/aromatic N) is 1. The standard InChI is InChI=1S/C14H17ClN2O/c1-9-4-5-12(18-3)11(8-9)14-10(2)16-13(17-14)6-7-15/h4-5,8H,6-7H2,1-3H3,(H,16,17). The van der Waals surface area contributed by atoms with E-state index in [2.05, 4.69) is 23.0 Å². The van der Waals surface area contributed by atoms with Gasteiger partial charge in [0, 0.05) is 23.6 Å². The lowest BCUT2D eigenvalue weighted by Crippen LogP contribution is -1.91. The summed E-state index contributed by atoms with van der Waals surface area (Å²) in [4.78, 5) is 7.86. The van der Waals surface area contributed by atoms with E-state index in [9.17, 15) is 0 Å². The average molecular weight is 265 g/mol. The fraction of sp³-hybridized carbons (Fsp3) is 0.357. The van der Waals surface area contributed by atoms with E-state index in [-0.39, 0.29) is 0 Å². The van der Waals surface area contributed by atoms with Gasteiger partial charge in [-0.2, -0.15) is 0 Å². The first-order valence-electron chi connectivity index (χ1n) is 5.92. The molecule has 0 spiro atoms. The maximum absolute atomic E-state index is 5.74. The van der Waals surface area contributed by atoms with Gasteiger partial charge in [0.2, 0.25) is 0 Å². The summed E-state index contributed by atoms with van der Waals surface area (Å²) < 4.78 is 5.40. The number of nitrogens with one attached hydrogen (secondary N) is 1. The van der Waals surface area contributed by atoms with Crippen LogP contribution in [-0.2, 0) is 6.42 Å². The molecule has 2 rings (SSSR count). The average Bonchev–Trinajstić information content (AvgIpc) is 2.70. The van der Waals surface area contributed by atoms with Crippen molar-refractivity contribution in [2.45, 2.75) is 20.3 Å². The third-order valence-corrected chi connectivity index (χ3v) is 3.06. The Balaban J connectivity index is 2.50. The van der Waals surface area contributed by atoms with Crippen LogP contribution in [0, 0.1) is 13.8 Å². The van der Waals surface area contributed by atoms with Crippen molar-refractivity contribution in [1.29, 1.82) is 0 Å². The molecule has 1 N–H and O–H groups in total. The first kappa shape index (κ1) is 13.0. The highest BCUT2D eigenvalue weighted by molar-refractivity contribution is 6.17. The number of benzene rings is 1. The zero-order valence-corrected chi connectivity index (χ0v) is 11.6. The molecule has 0 saturated carbocycles. The minimum absolute atomic E-state index is 0.567. The minimum Gasteiger partial charge on any atom is -0.496 e. The van der Waals surface area contributed by atoms with Crippen LogP contribution in [0.1, 0.15) is 17.1 Å². The number of hydrogen-bond acceptors (Lipinski definition) is 2. The molecule has 2 aromatic rings. The number of aromatic amines is 1. The molecule has 1 aromatic heterocycles. The number of halogens is 1. The number of imidazole rings is 1. The fourth-order valence-corrected chi connectivity index (χ4v) is 2.18. The van der Waals surface area contributed by atoms with Crippen molar-refractivity contribution in [1.82, 2.24) is 9.97 Å². The normalized spacial score (nSPS) is 10.7. The van der Waals surface area contributed by atoms with Crippen molar-refractivity contribution in [3.05, 3.63) is 35.3 Å². The molecule has 0 saturated heterocycles. The second-order valence-electron chi connectivity index (χ2n) is 4.30. The van der Waals surface area contributed by atoms with Gasteiger partial charge in [-0.1, -0.05) is 11.6 Å². The first-order chi connectivity index (χ1) is 8.65. The smallest absolute Gasteiger partial charge is 0.128 e. The van der Waals surface area contributed by atoms with Crippen LogP contribution >= 0.6 is 11.6 Å². The van der Waals surface area contributed by atoms with Gasteiger partial charge in [-0.15, -0.1) is 11.6 Å². The highest BCUT2D eigenvalue weighted by Gasteiger charge is 2.13. The summed E-state index contributed by atoms with van der Waals surface area (Å²) in [6, 6.07) is 6.09. The van der Waals surface area contributed by atoms with E-state index in [1.54, 1.807) is 7.11 Å². The van der Waals surface area contributed by atoms with E-state index in [1.807, 2.05) is 19.1 Å². The number of aromatic nitrogens is 2. The molecule has 3 nitrogen and oxygen atoms in total. The molecule has 0 amide bonds. The number of H-pyrrole nitrogens is 1. The van der Waals surface area contributed by atoms with E-state index in [0.717, 1.165) is 34.9 Å². The van der Waals surface area contributed by atoms with Gasteiger partial charge in [-0.3, -0.25) is 0 Å². The van der Waals surface area contributed by atoms with Gasteiger partial charge in [0.25, 0.3) is 0 Å². The zero-order valence-electron chi connectivity index (χ0n) is 10.9. The molecule has 0 radical (unpaired) electrons. The molecule has 1 heterocycles. The Labute approximate surface area is 112 Å². The second kappa shape index (κ2) is 5.44. The van der Waals surface area contributed by atoms with E-state index >= 15 is 0 Å². The first-order valence-corrected chi connectivity index (χ1v) is 6.45. The number of ether oxygens (including phenoxy) is 1. The molecule has 0 aliphatic rings. The van der Waals surface area contributed by atoms with E-state index in [0.29, 0.717) is 5.88 Å². The van der Waals surface area contributed by atoms with Gasteiger partial charge >= 0.3 is 0 Å². The molecule has 1 aromatic carbocycles. The maximum atomic E-state index is 5.74. The molecule has 0 aliphatic heterocycles. The van der Waals surface area contributed by atoms with Crippen LogP contribution < -0.4 is 4.74 Å². The Hall–Kier alpha value is -1.48. The van der Waals surface area contributed by atoms with Crippen molar-refractivity contribution < 1.29 is 4.74 Å². The summed E-state index contributed by atoms with van der Waals surface area (Å²) in [6.45, 7) is 4.08. The van der Waals surface area contributed by atoms with Gasteiger partial charge < -0.3 is 9.72 Å². The molecular formula is C14H17ClN2O. The van der Waals surface area contributed by atoms with Crippen molar-refractivity contribution in [2.24, 2.45) is 0 Å². The highest BCUT2D eigenvalue weighted by Crippen LogP contribution is 2.31. The Morgan fingerprint density at radius 3 is 2.78 bits per heavy atom. The predicted octanol–water partition coefficient (Wildman–Crippen LogP) is 3.48. The van der Waals surface area contributed by atoms with Crippen LogP contribution in [0.5, 0.6) is 5.75 Å². The van der Waals surface area contributed by atoms with Gasteiger partial charge in [0.1, 0.15) is 11.6 Å². The summed E-state index contributed by atoms with van der Waals surface area (Å²) in [5.74, 6) is 2.32. The van der Waals surface area contributed by atoms with Crippen molar-refractivity contribution >= 4 is 11.6 Å². The molecule has 4 heteroatoms. The summed E-state index contributed by atoms with van der Waals surface area (Å²) in [5, 5.41) is 0. The van der Waals surface area contributed by atoms with Crippen LogP contribution in [0.25, 0.3) is 11.3 Å². The van der Waals surface area contributed by atoms with Crippen LogP contribution in [0.3, 0.4) is 0 Å². The van der Waals surface area contributed by atoms with Crippen molar-refractivity contribution in [3.63, 3.8) is 0 Å². The number of rotatable bonds is 4. The third kappa shape index (κ3) is 2.51. The summed E-state index contributed by atoms with van der Waals surface area (Å²) >= 11 is 5.74. The molecular weight excluding hydrogens is 248 g/mol. The maximum Gasteiger partial charge on any atom is 0.128 e. The molecule has 0 bridgehead atoms. The van der Waals surface area contributed by atoms with Crippen LogP contribution in [0.15, 0.2) is 18.2 Å². The third-order valence-electron chi connectivity index (χ3n) is 2.88. The highest BCUT2D eigenvalue weighted by atomic mass is 35.5. The Morgan fingerprint density at radius 2 is 2.11 bits per heavy atom. The van der Waals surface area contributed by atoms with E-state index in [4.69, 9.17) is 16.3 Å². The summed E-state index contributed by atoms with van der Waals surface area (Å²) in [5.41, 5.74) is 4.19. The largest absolute Gasteiger partial charge is 0.496 e. The Morgan fingerprint density at radius 1 is 1.33 bits per heavy atom. The van der Waals surface area contributed by atoms with Gasteiger partial charge in [-0.25, -0.2) is 4.98 Å². The molecule has 96 valence electrons. The fourth-order valence-electron chi connectivity index (χ4n) is 2.00. The Bertz CT molecular complexity index is 549. The Kier molecular flexibility index (Phi) is 3.92. The molecule has 0 unspecified atom stereocenters. The van der Waals surface area contributed by atoms with Crippen LogP contribution in [0.4, 0.5) is 0 Å². The summed E-state index contributed by atoms with van der Waals surface area (Å²) in [7, 11) is 1.68. The number of methoxy groups -OCH3 is 1. The van der Waals surface area contributed by atoms with Gasteiger partial charge in [0.05, 0.1) is 12.8 Å². The lowest BCUT2D eigenvalue weighted by Gasteiger charge is -2.08. The van der Waals surface area contributed by atoms with Crippen molar-refractivity contribution in [2.75, 3.05) is 13.0 Å². The lowest BCUT2D eigenvalue weighted by molar-refractivity contribution is 0.416. The molecule has 0 fully saturated rings. The number of alkyl halides is 1. The van der Waals surface area contributed by atoms with Crippen molar-refractivity contribution in [3.8, 4) is 17.0 Å². The topological polar surface area (TPSA) is 37.9 Å². The molecule has 0 atom stereocenters. The molecule has 0 aliphatic carbocycles. The monoisotopic (exact) mass is 264 g/mol. The van der Waals surface area contributed by atoms with Gasteiger partial charge in [-0.05, 0) is 26.0 Å². The number of aryl methyl sites for hydroxylation is 3. The molecule has 18 heavy (non-hydrogen) atoms. The van der Waals surface area contributed by atoms with Crippen LogP contribution in [0.2, 0.25) is 0 Å². The zero-order chi connectivity index (χ0) is 13.1. The van der Waals surface area contributed by atoms with E-state index < -0.39 is 0 Å². The van der Waals surface area contributed by atoms with Gasteiger partial charge in [0.15, 0.2) is 0 Å².